The van der Waals surface area contributed by atoms with Crippen LogP contribution in [-0.2, 0) is 0 Å². The highest BCUT2D eigenvalue weighted by molar-refractivity contribution is 6.29. The van der Waals surface area contributed by atoms with Gasteiger partial charge in [-0.3, -0.25) is 9.69 Å². The molecule has 0 aliphatic carbocycles. The van der Waals surface area contributed by atoms with Crippen molar-refractivity contribution in [3.8, 4) is 0 Å². The summed E-state index contributed by atoms with van der Waals surface area (Å²) >= 11 is 5.78. The Kier molecular flexibility index (Phi) is 4.61. The zero-order valence-corrected chi connectivity index (χ0v) is 11.8. The zero-order valence-electron chi connectivity index (χ0n) is 11.0. The fourth-order valence-electron chi connectivity index (χ4n) is 2.49. The van der Waals surface area contributed by atoms with Gasteiger partial charge in [0.2, 0.25) is 0 Å². The molecule has 1 aromatic rings. The molecule has 0 saturated carbocycles. The number of halogens is 1. The third-order valence-corrected chi connectivity index (χ3v) is 3.76. The summed E-state index contributed by atoms with van der Waals surface area (Å²) in [7, 11) is 0. The van der Waals surface area contributed by atoms with Crippen LogP contribution in [0.25, 0.3) is 0 Å². The Bertz CT molecular complexity index is 466. The molecular weight excluding hydrogens is 264 g/mol. The second kappa shape index (κ2) is 6.21. The largest absolute Gasteiger partial charge is 0.397 e. The Morgan fingerprint density at radius 3 is 3.21 bits per heavy atom. The first kappa shape index (κ1) is 14.1. The number of nitrogens with two attached hydrogens (primary N) is 1. The first-order valence-electron chi connectivity index (χ1n) is 6.55. The van der Waals surface area contributed by atoms with Crippen LogP contribution >= 0.6 is 11.6 Å². The monoisotopic (exact) mass is 282 g/mol. The highest BCUT2D eigenvalue weighted by Gasteiger charge is 2.23. The Hall–Kier alpha value is -1.33. The molecule has 0 bridgehead atoms. The van der Waals surface area contributed by atoms with E-state index in [0.29, 0.717) is 23.8 Å². The number of carbonyl (C=O) groups excluding carboxylic acids is 1. The minimum absolute atomic E-state index is 0.190. The molecule has 1 atom stereocenters. The molecule has 1 aliphatic rings. The van der Waals surface area contributed by atoms with E-state index in [-0.39, 0.29) is 11.1 Å². The lowest BCUT2D eigenvalue weighted by molar-refractivity contribution is 0.0942. The van der Waals surface area contributed by atoms with E-state index >= 15 is 0 Å². The smallest absolute Gasteiger partial charge is 0.253 e. The molecule has 0 spiro atoms. The van der Waals surface area contributed by atoms with Gasteiger partial charge in [0.05, 0.1) is 17.4 Å². The number of nitrogen functional groups attached to an aromatic ring is 1. The van der Waals surface area contributed by atoms with Gasteiger partial charge >= 0.3 is 0 Å². The molecule has 19 heavy (non-hydrogen) atoms. The third kappa shape index (κ3) is 3.36. The summed E-state index contributed by atoms with van der Waals surface area (Å²) in [6.07, 6.45) is 3.73. The van der Waals surface area contributed by atoms with Crippen LogP contribution in [0.1, 0.15) is 30.1 Å². The summed E-state index contributed by atoms with van der Waals surface area (Å²) in [5, 5.41) is 3.20. The van der Waals surface area contributed by atoms with Gasteiger partial charge in [0, 0.05) is 12.6 Å². The van der Waals surface area contributed by atoms with E-state index < -0.39 is 0 Å². The van der Waals surface area contributed by atoms with Crippen molar-refractivity contribution in [3.63, 3.8) is 0 Å². The number of nitrogens with one attached hydrogen (secondary N) is 1. The van der Waals surface area contributed by atoms with Crippen molar-refractivity contribution in [3.05, 3.63) is 23.0 Å². The highest BCUT2D eigenvalue weighted by Crippen LogP contribution is 2.17. The normalized spacial score (nSPS) is 19.6. The average Bonchev–Trinajstić information content (AvgIpc) is 2.86. The number of rotatable bonds is 4. The summed E-state index contributed by atoms with van der Waals surface area (Å²) in [5.41, 5.74) is 6.47. The van der Waals surface area contributed by atoms with Crippen LogP contribution in [0.3, 0.4) is 0 Å². The lowest BCUT2D eigenvalue weighted by Crippen LogP contribution is -2.40. The molecule has 3 N–H and O–H groups in total. The van der Waals surface area contributed by atoms with Gasteiger partial charge < -0.3 is 11.1 Å². The number of anilines is 1. The lowest BCUT2D eigenvalue weighted by Gasteiger charge is -2.23. The topological polar surface area (TPSA) is 71.2 Å². The number of pyridine rings is 1. The van der Waals surface area contributed by atoms with Gasteiger partial charge in [0.25, 0.3) is 5.91 Å². The quantitative estimate of drug-likeness (QED) is 0.822. The fraction of sp³-hybridized carbons (Fsp3) is 0.538. The van der Waals surface area contributed by atoms with Gasteiger partial charge in [-0.05, 0) is 32.0 Å². The van der Waals surface area contributed by atoms with Crippen LogP contribution in [0.5, 0.6) is 0 Å². The Balaban J connectivity index is 1.96. The van der Waals surface area contributed by atoms with E-state index in [1.54, 1.807) is 0 Å². The molecular formula is C13H19ClN4O. The van der Waals surface area contributed by atoms with E-state index in [1.807, 2.05) is 0 Å². The molecule has 0 radical (unpaired) electrons. The van der Waals surface area contributed by atoms with E-state index in [1.165, 1.54) is 18.7 Å². The standard InChI is InChI=1S/C13H19ClN4O/c1-2-18-5-3-4-9(18)7-17-13(19)10-6-12(14)16-8-11(10)15/h6,8-9H,2-5,7,15H2,1H3,(H,17,19). The molecule has 2 heterocycles. The number of carbonyl (C=O) groups is 1. The molecule has 1 fully saturated rings. The van der Waals surface area contributed by atoms with E-state index in [0.717, 1.165) is 19.5 Å². The number of likely N-dealkylation sites (N-methyl/N-ethyl adjacent to an activating group) is 1. The SMILES string of the molecule is CCN1CCCC1CNC(=O)c1cc(Cl)ncc1N. The zero-order chi connectivity index (χ0) is 13.8. The number of aromatic nitrogens is 1. The van der Waals surface area contributed by atoms with Crippen LogP contribution in [0.15, 0.2) is 12.3 Å². The molecule has 5 nitrogen and oxygen atoms in total. The van der Waals surface area contributed by atoms with Crippen LogP contribution in [0.2, 0.25) is 5.15 Å². The number of hydrogen-bond donors (Lipinski definition) is 2. The molecule has 6 heteroatoms. The Morgan fingerprint density at radius 2 is 2.47 bits per heavy atom. The van der Waals surface area contributed by atoms with Crippen molar-refractivity contribution in [1.82, 2.24) is 15.2 Å². The fourth-order valence-corrected chi connectivity index (χ4v) is 2.64. The van der Waals surface area contributed by atoms with Crippen LogP contribution < -0.4 is 11.1 Å². The van der Waals surface area contributed by atoms with Gasteiger partial charge in [-0.2, -0.15) is 0 Å². The van der Waals surface area contributed by atoms with Gasteiger partial charge in [-0.25, -0.2) is 4.98 Å². The van der Waals surface area contributed by atoms with Gasteiger partial charge in [0.1, 0.15) is 5.15 Å². The number of hydrogen-bond acceptors (Lipinski definition) is 4. The first-order valence-corrected chi connectivity index (χ1v) is 6.93. The maximum atomic E-state index is 12.1. The molecule has 1 amide bonds. The van der Waals surface area contributed by atoms with Crippen molar-refractivity contribution >= 4 is 23.2 Å². The number of nitrogens with zero attached hydrogens (tertiary/aromatic N) is 2. The van der Waals surface area contributed by atoms with Crippen LogP contribution in [-0.4, -0.2) is 41.5 Å². The summed E-state index contributed by atoms with van der Waals surface area (Å²) in [6, 6.07) is 1.92. The van der Waals surface area contributed by atoms with E-state index in [2.05, 4.69) is 22.1 Å². The minimum atomic E-state index is -0.190. The summed E-state index contributed by atoms with van der Waals surface area (Å²) in [6.45, 7) is 4.91. The summed E-state index contributed by atoms with van der Waals surface area (Å²) < 4.78 is 0. The summed E-state index contributed by atoms with van der Waals surface area (Å²) in [4.78, 5) is 18.3. The second-order valence-corrected chi connectivity index (χ2v) is 5.12. The van der Waals surface area contributed by atoms with Crippen molar-refractivity contribution in [2.75, 3.05) is 25.4 Å². The molecule has 1 aromatic heterocycles. The number of amides is 1. The number of likely N-dealkylation sites (tertiary alicyclic amines) is 1. The highest BCUT2D eigenvalue weighted by atomic mass is 35.5. The maximum absolute atomic E-state index is 12.1. The van der Waals surface area contributed by atoms with Crippen molar-refractivity contribution in [2.24, 2.45) is 0 Å². The average molecular weight is 283 g/mol. The molecule has 0 aromatic carbocycles. The van der Waals surface area contributed by atoms with Crippen molar-refractivity contribution in [2.45, 2.75) is 25.8 Å². The Labute approximate surface area is 118 Å². The predicted octanol–water partition coefficient (Wildman–Crippen LogP) is 1.53. The van der Waals surface area contributed by atoms with Gasteiger partial charge in [0.15, 0.2) is 0 Å². The van der Waals surface area contributed by atoms with Gasteiger partial charge in [-0.1, -0.05) is 18.5 Å². The summed E-state index contributed by atoms with van der Waals surface area (Å²) in [5.74, 6) is -0.190. The maximum Gasteiger partial charge on any atom is 0.253 e. The van der Waals surface area contributed by atoms with Crippen molar-refractivity contribution in [1.29, 1.82) is 0 Å². The second-order valence-electron chi connectivity index (χ2n) is 4.73. The molecule has 1 unspecified atom stereocenters. The molecule has 2 rings (SSSR count). The van der Waals surface area contributed by atoms with E-state index in [4.69, 9.17) is 17.3 Å². The molecule has 104 valence electrons. The van der Waals surface area contributed by atoms with Gasteiger partial charge in [-0.15, -0.1) is 0 Å². The third-order valence-electron chi connectivity index (χ3n) is 3.55. The van der Waals surface area contributed by atoms with Crippen LogP contribution in [0, 0.1) is 0 Å². The molecule has 1 saturated heterocycles. The van der Waals surface area contributed by atoms with Crippen molar-refractivity contribution < 1.29 is 4.79 Å². The van der Waals surface area contributed by atoms with Crippen LogP contribution in [0.4, 0.5) is 5.69 Å². The molecule has 1 aliphatic heterocycles. The Morgan fingerprint density at radius 1 is 1.68 bits per heavy atom. The predicted molar refractivity (Wildman–Crippen MR) is 76.3 cm³/mol. The minimum Gasteiger partial charge on any atom is -0.397 e. The first-order chi connectivity index (χ1) is 9.11. The lowest BCUT2D eigenvalue weighted by atomic mass is 10.2. The van der Waals surface area contributed by atoms with E-state index in [9.17, 15) is 4.79 Å².